The van der Waals surface area contributed by atoms with E-state index in [0.717, 1.165) is 44.1 Å². The highest BCUT2D eigenvalue weighted by Crippen LogP contribution is 2.51. The van der Waals surface area contributed by atoms with Crippen molar-refractivity contribution in [1.82, 2.24) is 15.8 Å². The largest absolute Gasteiger partial charge is 0.380 e. The molecule has 1 aromatic heterocycles. The van der Waals surface area contributed by atoms with Crippen LogP contribution in [0.25, 0.3) is 0 Å². The highest BCUT2D eigenvalue weighted by molar-refractivity contribution is 6.02. The number of anilines is 1. The molecular weight excluding hydrogens is 508 g/mol. The van der Waals surface area contributed by atoms with Crippen molar-refractivity contribution in [3.8, 4) is 0 Å². The Balaban J connectivity index is 1.21. The summed E-state index contributed by atoms with van der Waals surface area (Å²) < 4.78 is 10.7. The highest BCUT2D eigenvalue weighted by atomic mass is 16.5. The molecule has 1 unspecified atom stereocenters. The Labute approximate surface area is 235 Å². The van der Waals surface area contributed by atoms with Gasteiger partial charge in [0.15, 0.2) is 0 Å². The molecule has 3 saturated carbocycles. The molecule has 3 N–H and O–H groups in total. The molecule has 9 heteroatoms. The van der Waals surface area contributed by atoms with E-state index in [1.165, 1.54) is 12.7 Å². The van der Waals surface area contributed by atoms with Crippen LogP contribution in [0.1, 0.15) is 79.9 Å². The van der Waals surface area contributed by atoms with Crippen LogP contribution in [0.3, 0.4) is 0 Å². The van der Waals surface area contributed by atoms with Crippen LogP contribution in [-0.2, 0) is 19.7 Å². The SMILES string of the molecule is Cc1nocc1C(=O)N[C@H](C(=O)Nc1cccc(C2(C(=O)NCC3(C)CCC3)CCOC2)c1)C(C1CC1)C1CC1. The van der Waals surface area contributed by atoms with Crippen molar-refractivity contribution in [2.24, 2.45) is 23.2 Å². The van der Waals surface area contributed by atoms with Gasteiger partial charge in [-0.2, -0.15) is 0 Å². The fourth-order valence-electron chi connectivity index (χ4n) is 6.59. The van der Waals surface area contributed by atoms with Crippen LogP contribution >= 0.6 is 0 Å². The number of aryl methyl sites for hydroxylation is 1. The van der Waals surface area contributed by atoms with Gasteiger partial charge >= 0.3 is 0 Å². The summed E-state index contributed by atoms with van der Waals surface area (Å²) in [5.41, 5.74) is 1.67. The number of nitrogens with zero attached hydrogens (tertiary/aromatic N) is 1. The van der Waals surface area contributed by atoms with Crippen LogP contribution in [0.2, 0.25) is 0 Å². The Bertz CT molecular complexity index is 1260. The van der Waals surface area contributed by atoms with Gasteiger partial charge < -0.3 is 25.2 Å². The van der Waals surface area contributed by atoms with Crippen LogP contribution in [0.15, 0.2) is 35.1 Å². The van der Waals surface area contributed by atoms with Crippen LogP contribution in [0, 0.1) is 30.1 Å². The lowest BCUT2D eigenvalue weighted by molar-refractivity contribution is -0.127. The standard InChI is InChI=1S/C31H40N4O5/c1-19-24(16-40-35-19)27(36)34-26(25(20-7-8-20)21-9-10-21)28(37)33-23-6-3-5-22(15-23)31(13-14-39-18-31)29(38)32-17-30(2)11-4-12-30/h3,5-6,15-16,20-21,25-26H,4,7-14,17-18H2,1-2H3,(H,32,38)(H,33,37)(H,34,36)/t26-,31?/m0/s1. The Morgan fingerprint density at radius 1 is 1.10 bits per heavy atom. The summed E-state index contributed by atoms with van der Waals surface area (Å²) in [6.07, 6.45) is 9.73. The summed E-state index contributed by atoms with van der Waals surface area (Å²) in [7, 11) is 0. The van der Waals surface area contributed by atoms with Gasteiger partial charge in [0.05, 0.1) is 17.7 Å². The van der Waals surface area contributed by atoms with E-state index < -0.39 is 11.5 Å². The molecule has 1 saturated heterocycles. The van der Waals surface area contributed by atoms with Crippen molar-refractivity contribution < 1.29 is 23.6 Å². The molecule has 0 spiro atoms. The molecule has 2 atom stereocenters. The fraction of sp³-hybridized carbons (Fsp3) is 0.613. The van der Waals surface area contributed by atoms with Crippen molar-refractivity contribution in [3.05, 3.63) is 47.3 Å². The quantitative estimate of drug-likeness (QED) is 0.388. The van der Waals surface area contributed by atoms with Crippen LogP contribution < -0.4 is 16.0 Å². The zero-order chi connectivity index (χ0) is 27.9. The van der Waals surface area contributed by atoms with Gasteiger partial charge in [0.25, 0.3) is 5.91 Å². The number of ether oxygens (including phenoxy) is 1. The second kappa shape index (κ2) is 10.7. The van der Waals surface area contributed by atoms with Crippen molar-refractivity contribution >= 4 is 23.4 Å². The minimum absolute atomic E-state index is 0.0154. The molecule has 3 aliphatic carbocycles. The molecule has 40 heavy (non-hydrogen) atoms. The highest BCUT2D eigenvalue weighted by Gasteiger charge is 2.49. The van der Waals surface area contributed by atoms with E-state index in [1.54, 1.807) is 6.92 Å². The summed E-state index contributed by atoms with van der Waals surface area (Å²) in [5.74, 6) is 0.386. The van der Waals surface area contributed by atoms with E-state index in [0.29, 0.717) is 55.0 Å². The Kier molecular flexibility index (Phi) is 7.19. The summed E-state index contributed by atoms with van der Waals surface area (Å²) in [4.78, 5) is 40.5. The third-order valence-electron chi connectivity index (χ3n) is 9.66. The first-order valence-electron chi connectivity index (χ1n) is 14.8. The van der Waals surface area contributed by atoms with Gasteiger partial charge in [0.2, 0.25) is 11.8 Å². The second-order valence-corrected chi connectivity index (χ2v) is 12.8. The molecule has 1 aromatic carbocycles. The van der Waals surface area contributed by atoms with E-state index in [4.69, 9.17) is 9.26 Å². The molecule has 0 bridgehead atoms. The molecule has 6 rings (SSSR count). The Morgan fingerprint density at radius 3 is 2.42 bits per heavy atom. The molecule has 4 fully saturated rings. The van der Waals surface area contributed by atoms with Crippen LogP contribution in [-0.4, -0.2) is 48.7 Å². The third-order valence-corrected chi connectivity index (χ3v) is 9.66. The maximum atomic E-state index is 13.8. The molecule has 3 amide bonds. The van der Waals surface area contributed by atoms with Gasteiger partial charge in [-0.05, 0) is 92.7 Å². The minimum Gasteiger partial charge on any atom is -0.380 e. The molecular formula is C31H40N4O5. The lowest BCUT2D eigenvalue weighted by Crippen LogP contribution is -2.50. The van der Waals surface area contributed by atoms with Gasteiger partial charge in [-0.25, -0.2) is 0 Å². The van der Waals surface area contributed by atoms with Gasteiger partial charge in [0.1, 0.15) is 17.9 Å². The Morgan fingerprint density at radius 2 is 1.85 bits per heavy atom. The molecule has 2 heterocycles. The second-order valence-electron chi connectivity index (χ2n) is 12.8. The third kappa shape index (κ3) is 5.40. The van der Waals surface area contributed by atoms with Crippen molar-refractivity contribution in [3.63, 3.8) is 0 Å². The molecule has 214 valence electrons. The average molecular weight is 549 g/mol. The number of rotatable bonds is 11. The number of aromatic nitrogens is 1. The van der Waals surface area contributed by atoms with Crippen LogP contribution in [0.5, 0.6) is 0 Å². The lowest BCUT2D eigenvalue weighted by Gasteiger charge is -2.39. The van der Waals surface area contributed by atoms with Gasteiger partial charge in [-0.3, -0.25) is 14.4 Å². The predicted octanol–water partition coefficient (Wildman–Crippen LogP) is 4.12. The summed E-state index contributed by atoms with van der Waals surface area (Å²) >= 11 is 0. The summed E-state index contributed by atoms with van der Waals surface area (Å²) in [6, 6.07) is 6.88. The first kappa shape index (κ1) is 27.0. The van der Waals surface area contributed by atoms with Gasteiger partial charge in [-0.1, -0.05) is 30.6 Å². The Hall–Kier alpha value is -3.20. The van der Waals surface area contributed by atoms with Crippen molar-refractivity contribution in [2.75, 3.05) is 25.1 Å². The maximum absolute atomic E-state index is 13.8. The number of benzene rings is 1. The lowest BCUT2D eigenvalue weighted by atomic mass is 9.70. The normalized spacial score (nSPS) is 24.3. The summed E-state index contributed by atoms with van der Waals surface area (Å²) in [5, 5.41) is 13.1. The zero-order valence-corrected chi connectivity index (χ0v) is 23.5. The number of nitrogens with one attached hydrogen (secondary N) is 3. The molecule has 0 radical (unpaired) electrons. The number of carbonyl (C=O) groups is 3. The number of amides is 3. The maximum Gasteiger partial charge on any atom is 0.257 e. The molecule has 1 aliphatic heterocycles. The van der Waals surface area contributed by atoms with Crippen LogP contribution in [0.4, 0.5) is 5.69 Å². The molecule has 9 nitrogen and oxygen atoms in total. The fourth-order valence-corrected chi connectivity index (χ4v) is 6.59. The minimum atomic E-state index is -0.787. The van der Waals surface area contributed by atoms with Crippen molar-refractivity contribution in [1.29, 1.82) is 0 Å². The topological polar surface area (TPSA) is 123 Å². The molecule has 4 aliphatic rings. The van der Waals surface area contributed by atoms with E-state index in [1.807, 2.05) is 24.3 Å². The van der Waals surface area contributed by atoms with E-state index in [9.17, 15) is 14.4 Å². The van der Waals surface area contributed by atoms with E-state index >= 15 is 0 Å². The predicted molar refractivity (Wildman–Crippen MR) is 149 cm³/mol. The average Bonchev–Trinajstić information content (AvgIpc) is 3.85. The van der Waals surface area contributed by atoms with Gasteiger partial charge in [-0.15, -0.1) is 0 Å². The number of hydrogen-bond donors (Lipinski definition) is 3. The van der Waals surface area contributed by atoms with E-state index in [-0.39, 0.29) is 29.1 Å². The van der Waals surface area contributed by atoms with Crippen molar-refractivity contribution in [2.45, 2.75) is 76.7 Å². The first-order chi connectivity index (χ1) is 19.3. The molecule has 2 aromatic rings. The van der Waals surface area contributed by atoms with Gasteiger partial charge in [0, 0.05) is 18.8 Å². The monoisotopic (exact) mass is 548 g/mol. The first-order valence-corrected chi connectivity index (χ1v) is 14.8. The smallest absolute Gasteiger partial charge is 0.257 e. The summed E-state index contributed by atoms with van der Waals surface area (Å²) in [6.45, 7) is 5.43. The zero-order valence-electron chi connectivity index (χ0n) is 23.5. The van der Waals surface area contributed by atoms with E-state index in [2.05, 4.69) is 28.0 Å². The number of hydrogen-bond acceptors (Lipinski definition) is 6. The number of carbonyl (C=O) groups excluding carboxylic acids is 3.